The molecule has 0 amide bonds. The molecule has 0 spiro atoms. The van der Waals surface area contributed by atoms with Gasteiger partial charge in [0.1, 0.15) is 0 Å². The molecule has 2 aromatic rings. The van der Waals surface area contributed by atoms with Crippen LogP contribution >= 0.6 is 0 Å². The van der Waals surface area contributed by atoms with E-state index in [2.05, 4.69) is 45.0 Å². The minimum atomic E-state index is 0.0491. The third kappa shape index (κ3) is 3.91. The third-order valence-electron chi connectivity index (χ3n) is 3.61. The second-order valence-electron chi connectivity index (χ2n) is 6.38. The van der Waals surface area contributed by atoms with E-state index >= 15 is 0 Å². The smallest absolute Gasteiger partial charge is 0.186 e. The number of rotatable bonds is 3. The molecular formula is C20H22O. The minimum Gasteiger partial charge on any atom is -0.289 e. The molecule has 0 bridgehead atoms. The first-order valence-electron chi connectivity index (χ1n) is 7.26. The molecule has 2 aromatic carbocycles. The van der Waals surface area contributed by atoms with E-state index < -0.39 is 0 Å². The number of carbonyl (C=O) groups excluding carboxylic acids is 1. The molecule has 0 N–H and O–H groups in total. The highest BCUT2D eigenvalue weighted by atomic mass is 16.1. The molecule has 2 rings (SSSR count). The molecule has 1 nitrogen and oxygen atoms in total. The summed E-state index contributed by atoms with van der Waals surface area (Å²) in [6.07, 6.45) is 3.52. The van der Waals surface area contributed by atoms with Gasteiger partial charge in [0, 0.05) is 5.56 Å². The van der Waals surface area contributed by atoms with E-state index in [0.717, 1.165) is 16.7 Å². The predicted octanol–water partition coefficient (Wildman–Crippen LogP) is 5.19. The second-order valence-corrected chi connectivity index (χ2v) is 6.38. The van der Waals surface area contributed by atoms with Crippen LogP contribution in [0.1, 0.15) is 47.8 Å². The van der Waals surface area contributed by atoms with Crippen LogP contribution in [0.15, 0.2) is 54.6 Å². The Hall–Kier alpha value is -2.15. The Morgan fingerprint density at radius 1 is 0.952 bits per heavy atom. The fourth-order valence-electron chi connectivity index (χ4n) is 2.21. The lowest BCUT2D eigenvalue weighted by Crippen LogP contribution is -2.10. The summed E-state index contributed by atoms with van der Waals surface area (Å²) in [6.45, 7) is 8.54. The molecule has 108 valence electrons. The van der Waals surface area contributed by atoms with Crippen LogP contribution in [0.5, 0.6) is 0 Å². The SMILES string of the molecule is Cc1ccccc1C(=O)/C=C/c1ccc(C(C)(C)C)cc1. The van der Waals surface area contributed by atoms with Crippen molar-refractivity contribution in [1.82, 2.24) is 0 Å². The summed E-state index contributed by atoms with van der Waals surface area (Å²) < 4.78 is 0. The number of benzene rings is 2. The summed E-state index contributed by atoms with van der Waals surface area (Å²) in [4.78, 5) is 12.2. The molecule has 0 atom stereocenters. The Labute approximate surface area is 127 Å². The molecule has 0 aliphatic rings. The van der Waals surface area contributed by atoms with E-state index in [9.17, 15) is 4.79 Å². The van der Waals surface area contributed by atoms with Crippen molar-refractivity contribution in [3.05, 3.63) is 76.9 Å². The number of ketones is 1. The monoisotopic (exact) mass is 278 g/mol. The maximum Gasteiger partial charge on any atom is 0.186 e. The van der Waals surface area contributed by atoms with Crippen LogP contribution < -0.4 is 0 Å². The van der Waals surface area contributed by atoms with Gasteiger partial charge >= 0.3 is 0 Å². The Morgan fingerprint density at radius 2 is 1.57 bits per heavy atom. The molecule has 0 unspecified atom stereocenters. The van der Waals surface area contributed by atoms with Gasteiger partial charge in [0.15, 0.2) is 5.78 Å². The summed E-state index contributed by atoms with van der Waals surface area (Å²) in [5.41, 5.74) is 4.27. The fraction of sp³-hybridized carbons (Fsp3) is 0.250. The molecule has 0 aromatic heterocycles. The van der Waals surface area contributed by atoms with Crippen LogP contribution in [-0.4, -0.2) is 5.78 Å². The number of hydrogen-bond donors (Lipinski definition) is 0. The minimum absolute atomic E-state index is 0.0491. The predicted molar refractivity (Wildman–Crippen MR) is 89.7 cm³/mol. The molecule has 0 saturated carbocycles. The number of allylic oxidation sites excluding steroid dienone is 1. The van der Waals surface area contributed by atoms with Crippen LogP contribution in [0, 0.1) is 6.92 Å². The summed E-state index contributed by atoms with van der Waals surface area (Å²) in [5.74, 6) is 0.0491. The van der Waals surface area contributed by atoms with Crippen molar-refractivity contribution >= 4 is 11.9 Å². The van der Waals surface area contributed by atoms with Crippen molar-refractivity contribution in [2.45, 2.75) is 33.1 Å². The van der Waals surface area contributed by atoms with Gasteiger partial charge in [0.25, 0.3) is 0 Å². The lowest BCUT2D eigenvalue weighted by Gasteiger charge is -2.18. The molecule has 0 heterocycles. The third-order valence-corrected chi connectivity index (χ3v) is 3.61. The van der Waals surface area contributed by atoms with Crippen LogP contribution in [0.25, 0.3) is 6.08 Å². The Bertz CT molecular complexity index is 655. The normalized spacial score (nSPS) is 11.8. The van der Waals surface area contributed by atoms with Gasteiger partial charge in [-0.2, -0.15) is 0 Å². The molecule has 0 saturated heterocycles. The number of hydrogen-bond acceptors (Lipinski definition) is 1. The molecule has 0 fully saturated rings. The molecule has 1 heteroatoms. The standard InChI is InChI=1S/C20H22O/c1-15-7-5-6-8-18(15)19(21)14-11-16-9-12-17(13-10-16)20(2,3)4/h5-14H,1-4H3/b14-11+. The average molecular weight is 278 g/mol. The van der Waals surface area contributed by atoms with Crippen molar-refractivity contribution in [1.29, 1.82) is 0 Å². The fourth-order valence-corrected chi connectivity index (χ4v) is 2.21. The largest absolute Gasteiger partial charge is 0.289 e. The van der Waals surface area contributed by atoms with Gasteiger partial charge in [-0.3, -0.25) is 4.79 Å². The zero-order valence-electron chi connectivity index (χ0n) is 13.2. The van der Waals surface area contributed by atoms with Gasteiger partial charge < -0.3 is 0 Å². The zero-order chi connectivity index (χ0) is 15.5. The van der Waals surface area contributed by atoms with E-state index in [1.165, 1.54) is 5.56 Å². The van der Waals surface area contributed by atoms with Gasteiger partial charge in [-0.1, -0.05) is 75.4 Å². The molecule has 0 aliphatic carbocycles. The quantitative estimate of drug-likeness (QED) is 0.558. The summed E-state index contributed by atoms with van der Waals surface area (Å²) in [5, 5.41) is 0. The van der Waals surface area contributed by atoms with Crippen LogP contribution in [0.4, 0.5) is 0 Å². The molecule has 0 radical (unpaired) electrons. The molecule has 0 aliphatic heterocycles. The van der Waals surface area contributed by atoms with Crippen LogP contribution in [0.3, 0.4) is 0 Å². The van der Waals surface area contributed by atoms with Crippen LogP contribution in [0.2, 0.25) is 0 Å². The highest BCUT2D eigenvalue weighted by Crippen LogP contribution is 2.22. The van der Waals surface area contributed by atoms with Crippen molar-refractivity contribution in [2.75, 3.05) is 0 Å². The maximum atomic E-state index is 12.2. The van der Waals surface area contributed by atoms with E-state index in [0.29, 0.717) is 0 Å². The first-order valence-corrected chi connectivity index (χ1v) is 7.26. The van der Waals surface area contributed by atoms with Crippen molar-refractivity contribution < 1.29 is 4.79 Å². The first-order chi connectivity index (χ1) is 9.88. The highest BCUT2D eigenvalue weighted by Gasteiger charge is 2.12. The van der Waals surface area contributed by atoms with Crippen molar-refractivity contribution in [3.8, 4) is 0 Å². The number of aryl methyl sites for hydroxylation is 1. The number of carbonyl (C=O) groups is 1. The Kier molecular flexibility index (Phi) is 4.42. The summed E-state index contributed by atoms with van der Waals surface area (Å²) in [7, 11) is 0. The lowest BCUT2D eigenvalue weighted by molar-refractivity contribution is 0.104. The Balaban J connectivity index is 2.15. The van der Waals surface area contributed by atoms with E-state index in [1.807, 2.05) is 37.3 Å². The van der Waals surface area contributed by atoms with Crippen LogP contribution in [-0.2, 0) is 5.41 Å². The van der Waals surface area contributed by atoms with Crippen molar-refractivity contribution in [3.63, 3.8) is 0 Å². The lowest BCUT2D eigenvalue weighted by atomic mass is 9.87. The maximum absolute atomic E-state index is 12.2. The van der Waals surface area contributed by atoms with Crippen molar-refractivity contribution in [2.24, 2.45) is 0 Å². The van der Waals surface area contributed by atoms with E-state index in [-0.39, 0.29) is 11.2 Å². The summed E-state index contributed by atoms with van der Waals surface area (Å²) >= 11 is 0. The van der Waals surface area contributed by atoms with Gasteiger partial charge in [0.2, 0.25) is 0 Å². The van der Waals surface area contributed by atoms with Gasteiger partial charge in [-0.15, -0.1) is 0 Å². The average Bonchev–Trinajstić information content (AvgIpc) is 2.45. The zero-order valence-corrected chi connectivity index (χ0v) is 13.2. The molecular weight excluding hydrogens is 256 g/mol. The van der Waals surface area contributed by atoms with Gasteiger partial charge in [0.05, 0.1) is 0 Å². The first kappa shape index (κ1) is 15.2. The second kappa shape index (κ2) is 6.09. The van der Waals surface area contributed by atoms with Gasteiger partial charge in [-0.05, 0) is 35.1 Å². The topological polar surface area (TPSA) is 17.1 Å². The van der Waals surface area contributed by atoms with E-state index in [1.54, 1.807) is 6.08 Å². The Morgan fingerprint density at radius 3 is 2.14 bits per heavy atom. The summed E-state index contributed by atoms with van der Waals surface area (Å²) in [6, 6.07) is 16.0. The molecule has 21 heavy (non-hydrogen) atoms. The highest BCUT2D eigenvalue weighted by molar-refractivity contribution is 6.07. The van der Waals surface area contributed by atoms with Gasteiger partial charge in [-0.25, -0.2) is 0 Å². The van der Waals surface area contributed by atoms with E-state index in [4.69, 9.17) is 0 Å².